The molecule has 7 nitrogen and oxygen atoms in total. The Morgan fingerprint density at radius 3 is 2.06 bits per heavy atom. The van der Waals surface area contributed by atoms with Gasteiger partial charge in [0.1, 0.15) is 0 Å². The third-order valence-corrected chi connectivity index (χ3v) is 7.42. The lowest BCUT2D eigenvalue weighted by Gasteiger charge is -2.34. The van der Waals surface area contributed by atoms with E-state index >= 15 is 0 Å². The number of fused-ring (bicyclic) bond motifs is 1. The highest BCUT2D eigenvalue weighted by molar-refractivity contribution is 7.89. The van der Waals surface area contributed by atoms with E-state index in [4.69, 9.17) is 0 Å². The molecule has 1 fully saturated rings. The number of carbonyl (C=O) groups is 2. The van der Waals surface area contributed by atoms with Crippen LogP contribution in [0.5, 0.6) is 0 Å². The Bertz CT molecular complexity index is 1230. The number of sulfonamides is 1. The van der Waals surface area contributed by atoms with Crippen LogP contribution in [-0.2, 0) is 10.0 Å². The average Bonchev–Trinajstić information content (AvgIpc) is 2.83. The molecule has 0 spiro atoms. The molecule has 3 aromatic rings. The highest BCUT2D eigenvalue weighted by Gasteiger charge is 2.30. The number of rotatable bonds is 4. The van der Waals surface area contributed by atoms with Gasteiger partial charge in [0.2, 0.25) is 10.0 Å². The van der Waals surface area contributed by atoms with Gasteiger partial charge in [0.15, 0.2) is 0 Å². The van der Waals surface area contributed by atoms with Crippen molar-refractivity contribution < 1.29 is 18.0 Å². The van der Waals surface area contributed by atoms with Gasteiger partial charge >= 0.3 is 0 Å². The summed E-state index contributed by atoms with van der Waals surface area (Å²) in [6, 6.07) is 19.3. The van der Waals surface area contributed by atoms with Crippen molar-refractivity contribution in [3.05, 3.63) is 77.9 Å². The molecular formula is C23H23N3O4S. The molecule has 3 aromatic carbocycles. The van der Waals surface area contributed by atoms with Gasteiger partial charge < -0.3 is 10.2 Å². The van der Waals surface area contributed by atoms with Crippen molar-refractivity contribution in [2.24, 2.45) is 0 Å². The normalized spacial score (nSPS) is 15.1. The molecule has 1 heterocycles. The van der Waals surface area contributed by atoms with Crippen LogP contribution in [0.4, 0.5) is 0 Å². The molecule has 0 radical (unpaired) electrons. The summed E-state index contributed by atoms with van der Waals surface area (Å²) in [5.41, 5.74) is 0.993. The molecule has 0 saturated carbocycles. The summed E-state index contributed by atoms with van der Waals surface area (Å²) in [6.45, 7) is 1.08. The molecule has 1 aliphatic rings. The van der Waals surface area contributed by atoms with Gasteiger partial charge in [-0.15, -0.1) is 0 Å². The number of amides is 2. The lowest BCUT2D eigenvalue weighted by Crippen LogP contribution is -2.50. The monoisotopic (exact) mass is 437 g/mol. The zero-order valence-corrected chi connectivity index (χ0v) is 17.9. The summed E-state index contributed by atoms with van der Waals surface area (Å²) in [7, 11) is -2.17. The molecule has 2 amide bonds. The standard InChI is InChI=1S/C23H23N3O4S/c1-24-22(27)18-8-10-21(11-9-18)31(29,30)26-14-12-25(13-15-26)23(28)20-7-6-17-4-2-3-5-19(17)16-20/h2-11,16H,12-15H2,1H3,(H,24,27). The summed E-state index contributed by atoms with van der Waals surface area (Å²) in [5.74, 6) is -0.373. The van der Waals surface area contributed by atoms with Crippen molar-refractivity contribution in [3.63, 3.8) is 0 Å². The number of hydrogen-bond donors (Lipinski definition) is 1. The predicted octanol–water partition coefficient (Wildman–Crippen LogP) is 2.35. The quantitative estimate of drug-likeness (QED) is 0.679. The molecule has 160 valence electrons. The molecule has 4 rings (SSSR count). The molecule has 1 saturated heterocycles. The third-order valence-electron chi connectivity index (χ3n) is 5.50. The molecule has 1 N–H and O–H groups in total. The van der Waals surface area contributed by atoms with Gasteiger partial charge in [0.25, 0.3) is 11.8 Å². The van der Waals surface area contributed by atoms with Crippen molar-refractivity contribution in [2.75, 3.05) is 33.2 Å². The summed E-state index contributed by atoms with van der Waals surface area (Å²) < 4.78 is 27.3. The van der Waals surface area contributed by atoms with Crippen LogP contribution in [0.15, 0.2) is 71.6 Å². The maximum atomic E-state index is 13.0. The number of nitrogens with zero attached hydrogens (tertiary/aromatic N) is 2. The zero-order valence-electron chi connectivity index (χ0n) is 17.1. The van der Waals surface area contributed by atoms with Crippen LogP contribution in [0.3, 0.4) is 0 Å². The van der Waals surface area contributed by atoms with E-state index in [-0.39, 0.29) is 29.8 Å². The van der Waals surface area contributed by atoms with Crippen LogP contribution >= 0.6 is 0 Å². The van der Waals surface area contributed by atoms with Crippen molar-refractivity contribution >= 4 is 32.6 Å². The zero-order chi connectivity index (χ0) is 22.0. The molecule has 0 aromatic heterocycles. The minimum absolute atomic E-state index is 0.0993. The smallest absolute Gasteiger partial charge is 0.253 e. The third kappa shape index (κ3) is 4.17. The number of carbonyl (C=O) groups excluding carboxylic acids is 2. The van der Waals surface area contributed by atoms with Crippen LogP contribution in [0.2, 0.25) is 0 Å². The number of piperazine rings is 1. The Hall–Kier alpha value is -3.23. The summed E-state index contributed by atoms with van der Waals surface area (Å²) in [5, 5.41) is 4.57. The number of hydrogen-bond acceptors (Lipinski definition) is 4. The van der Waals surface area contributed by atoms with Crippen molar-refractivity contribution in [3.8, 4) is 0 Å². The first kappa shape index (κ1) is 21.0. The van der Waals surface area contributed by atoms with Gasteiger partial charge in [-0.05, 0) is 47.2 Å². The Morgan fingerprint density at radius 1 is 0.806 bits per heavy atom. The number of nitrogens with one attached hydrogen (secondary N) is 1. The highest BCUT2D eigenvalue weighted by Crippen LogP contribution is 2.21. The van der Waals surface area contributed by atoms with Crippen molar-refractivity contribution in [2.45, 2.75) is 4.90 Å². The molecule has 31 heavy (non-hydrogen) atoms. The lowest BCUT2D eigenvalue weighted by molar-refractivity contribution is 0.0698. The van der Waals surface area contributed by atoms with Crippen LogP contribution < -0.4 is 5.32 Å². The summed E-state index contributed by atoms with van der Waals surface area (Å²) in [4.78, 5) is 26.4. The van der Waals surface area contributed by atoms with Gasteiger partial charge in [0.05, 0.1) is 4.90 Å². The molecule has 0 unspecified atom stereocenters. The molecule has 0 aliphatic carbocycles. The largest absolute Gasteiger partial charge is 0.355 e. The second kappa shape index (κ2) is 8.49. The fourth-order valence-corrected chi connectivity index (χ4v) is 5.13. The lowest BCUT2D eigenvalue weighted by atomic mass is 10.1. The Labute approximate surface area is 181 Å². The molecular weight excluding hydrogens is 414 g/mol. The minimum Gasteiger partial charge on any atom is -0.355 e. The molecule has 1 aliphatic heterocycles. The Morgan fingerprint density at radius 2 is 1.42 bits per heavy atom. The topological polar surface area (TPSA) is 86.8 Å². The van der Waals surface area contributed by atoms with E-state index in [1.165, 1.54) is 35.6 Å². The Balaban J connectivity index is 1.44. The average molecular weight is 438 g/mol. The van der Waals surface area contributed by atoms with Gasteiger partial charge in [-0.25, -0.2) is 8.42 Å². The van der Waals surface area contributed by atoms with E-state index in [1.807, 2.05) is 42.5 Å². The van der Waals surface area contributed by atoms with Gasteiger partial charge in [0, 0.05) is 44.4 Å². The fourth-order valence-electron chi connectivity index (χ4n) is 3.71. The van der Waals surface area contributed by atoms with E-state index in [0.717, 1.165) is 10.8 Å². The SMILES string of the molecule is CNC(=O)c1ccc(S(=O)(=O)N2CCN(C(=O)c3ccc4ccccc4c3)CC2)cc1. The molecule has 8 heteroatoms. The van der Waals surface area contributed by atoms with E-state index in [1.54, 1.807) is 4.90 Å². The first-order chi connectivity index (χ1) is 14.9. The first-order valence-corrected chi connectivity index (χ1v) is 11.4. The molecule has 0 bridgehead atoms. The van der Waals surface area contributed by atoms with Gasteiger partial charge in [-0.1, -0.05) is 30.3 Å². The fraction of sp³-hybridized carbons (Fsp3) is 0.217. The van der Waals surface area contributed by atoms with Gasteiger partial charge in [-0.3, -0.25) is 9.59 Å². The number of benzene rings is 3. The summed E-state index contributed by atoms with van der Waals surface area (Å²) in [6.07, 6.45) is 0. The van der Waals surface area contributed by atoms with Crippen LogP contribution in [0.25, 0.3) is 10.8 Å². The summed E-state index contributed by atoms with van der Waals surface area (Å²) >= 11 is 0. The van der Waals surface area contributed by atoms with E-state index in [9.17, 15) is 18.0 Å². The van der Waals surface area contributed by atoms with Crippen LogP contribution in [0, 0.1) is 0 Å². The second-order valence-corrected chi connectivity index (χ2v) is 9.30. The van der Waals surface area contributed by atoms with E-state index in [0.29, 0.717) is 24.2 Å². The molecule has 0 atom stereocenters. The highest BCUT2D eigenvalue weighted by atomic mass is 32.2. The van der Waals surface area contributed by atoms with Crippen LogP contribution in [0.1, 0.15) is 20.7 Å². The maximum Gasteiger partial charge on any atom is 0.253 e. The van der Waals surface area contributed by atoms with Crippen molar-refractivity contribution in [1.29, 1.82) is 0 Å². The van der Waals surface area contributed by atoms with E-state index in [2.05, 4.69) is 5.32 Å². The van der Waals surface area contributed by atoms with Crippen molar-refractivity contribution in [1.82, 2.24) is 14.5 Å². The predicted molar refractivity (Wildman–Crippen MR) is 118 cm³/mol. The minimum atomic E-state index is -3.69. The van der Waals surface area contributed by atoms with Gasteiger partial charge in [-0.2, -0.15) is 4.31 Å². The first-order valence-electron chi connectivity index (χ1n) is 10.0. The van der Waals surface area contributed by atoms with E-state index < -0.39 is 10.0 Å². The Kier molecular flexibility index (Phi) is 5.75. The second-order valence-electron chi connectivity index (χ2n) is 7.36. The van der Waals surface area contributed by atoms with Crippen LogP contribution in [-0.4, -0.2) is 62.7 Å². The maximum absolute atomic E-state index is 13.0.